The van der Waals surface area contributed by atoms with Gasteiger partial charge < -0.3 is 5.73 Å². The molecule has 0 bridgehead atoms. The smallest absolute Gasteiger partial charge is 0.129 e. The van der Waals surface area contributed by atoms with E-state index in [0.29, 0.717) is 5.15 Å². The maximum atomic E-state index is 6.04. The third-order valence-electron chi connectivity index (χ3n) is 2.04. The van der Waals surface area contributed by atoms with Gasteiger partial charge in [-0.2, -0.15) is 0 Å². The van der Waals surface area contributed by atoms with Crippen LogP contribution in [0.2, 0.25) is 5.15 Å². The summed E-state index contributed by atoms with van der Waals surface area (Å²) in [7, 11) is 0. The molecule has 0 aliphatic rings. The normalized spacial score (nSPS) is 14.2. The first-order valence-corrected chi connectivity index (χ1v) is 4.66. The molecule has 0 amide bonds. The lowest BCUT2D eigenvalue weighted by atomic mass is 9.84. The van der Waals surface area contributed by atoms with E-state index in [9.17, 15) is 0 Å². The summed E-state index contributed by atoms with van der Waals surface area (Å²) in [6, 6.07) is 3.69. The molecule has 0 saturated heterocycles. The number of rotatable bonds is 1. The van der Waals surface area contributed by atoms with Gasteiger partial charge in [-0.1, -0.05) is 38.4 Å². The molecular formula is C10H15ClN2. The highest BCUT2D eigenvalue weighted by molar-refractivity contribution is 6.29. The Morgan fingerprint density at radius 1 is 1.38 bits per heavy atom. The number of hydrogen-bond donors (Lipinski definition) is 1. The zero-order chi connectivity index (χ0) is 10.1. The van der Waals surface area contributed by atoms with Gasteiger partial charge in [0.15, 0.2) is 0 Å². The number of nitrogens with two attached hydrogens (primary N) is 1. The summed E-state index contributed by atoms with van der Waals surface area (Å²) < 4.78 is 0. The molecule has 0 aliphatic carbocycles. The van der Waals surface area contributed by atoms with Gasteiger partial charge in [-0.25, -0.2) is 4.98 Å². The van der Waals surface area contributed by atoms with Crippen LogP contribution in [0.15, 0.2) is 18.3 Å². The lowest BCUT2D eigenvalue weighted by Gasteiger charge is -2.26. The highest BCUT2D eigenvalue weighted by Crippen LogP contribution is 2.29. The molecule has 0 saturated carbocycles. The van der Waals surface area contributed by atoms with Gasteiger partial charge in [0, 0.05) is 12.2 Å². The molecule has 2 nitrogen and oxygen atoms in total. The van der Waals surface area contributed by atoms with Gasteiger partial charge in [-0.05, 0) is 17.0 Å². The molecule has 0 aliphatic heterocycles. The van der Waals surface area contributed by atoms with Crippen molar-refractivity contribution < 1.29 is 0 Å². The molecule has 3 heteroatoms. The molecule has 0 aromatic carbocycles. The SMILES string of the molecule is CC(C)(C)[C@H](N)c1ccc(Cl)nc1. The summed E-state index contributed by atoms with van der Waals surface area (Å²) in [6.45, 7) is 6.31. The van der Waals surface area contributed by atoms with Crippen LogP contribution in [0.4, 0.5) is 0 Å². The zero-order valence-corrected chi connectivity index (χ0v) is 8.97. The predicted molar refractivity (Wildman–Crippen MR) is 55.6 cm³/mol. The summed E-state index contributed by atoms with van der Waals surface area (Å²) >= 11 is 5.68. The predicted octanol–water partition coefficient (Wildman–Crippen LogP) is 2.78. The van der Waals surface area contributed by atoms with Crippen molar-refractivity contribution in [1.29, 1.82) is 0 Å². The topological polar surface area (TPSA) is 38.9 Å². The number of pyridine rings is 1. The third-order valence-corrected chi connectivity index (χ3v) is 2.27. The fraction of sp³-hybridized carbons (Fsp3) is 0.500. The highest BCUT2D eigenvalue weighted by atomic mass is 35.5. The van der Waals surface area contributed by atoms with Gasteiger partial charge in [-0.3, -0.25) is 0 Å². The number of hydrogen-bond acceptors (Lipinski definition) is 2. The Morgan fingerprint density at radius 3 is 2.38 bits per heavy atom. The second-order valence-electron chi connectivity index (χ2n) is 4.26. The number of halogens is 1. The average Bonchev–Trinajstić information content (AvgIpc) is 2.03. The Bertz CT molecular complexity index is 274. The monoisotopic (exact) mass is 198 g/mol. The second-order valence-corrected chi connectivity index (χ2v) is 4.65. The van der Waals surface area contributed by atoms with Crippen molar-refractivity contribution in [1.82, 2.24) is 4.98 Å². The van der Waals surface area contributed by atoms with Crippen LogP contribution in [-0.2, 0) is 0 Å². The van der Waals surface area contributed by atoms with Gasteiger partial charge in [0.05, 0.1) is 0 Å². The van der Waals surface area contributed by atoms with E-state index in [2.05, 4.69) is 25.8 Å². The first-order chi connectivity index (χ1) is 5.91. The molecular weight excluding hydrogens is 184 g/mol. The van der Waals surface area contributed by atoms with Crippen molar-refractivity contribution >= 4 is 11.6 Å². The standard InChI is InChI=1S/C10H15ClN2/c1-10(2,3)9(12)7-4-5-8(11)13-6-7/h4-6,9H,12H2,1-3H3/t9-/m1/s1. The number of aromatic nitrogens is 1. The zero-order valence-electron chi connectivity index (χ0n) is 8.21. The van der Waals surface area contributed by atoms with Crippen LogP contribution in [0.5, 0.6) is 0 Å². The van der Waals surface area contributed by atoms with Crippen LogP contribution in [-0.4, -0.2) is 4.98 Å². The maximum Gasteiger partial charge on any atom is 0.129 e. The minimum Gasteiger partial charge on any atom is -0.323 e. The van der Waals surface area contributed by atoms with Gasteiger partial charge >= 0.3 is 0 Å². The molecule has 72 valence electrons. The third kappa shape index (κ3) is 2.68. The molecule has 1 aromatic rings. The Hall–Kier alpha value is -0.600. The summed E-state index contributed by atoms with van der Waals surface area (Å²) in [6.07, 6.45) is 1.73. The van der Waals surface area contributed by atoms with Crippen molar-refractivity contribution in [3.8, 4) is 0 Å². The summed E-state index contributed by atoms with van der Waals surface area (Å²) in [5.74, 6) is 0. The van der Waals surface area contributed by atoms with Gasteiger partial charge in [0.25, 0.3) is 0 Å². The maximum absolute atomic E-state index is 6.04. The van der Waals surface area contributed by atoms with Crippen LogP contribution in [0, 0.1) is 5.41 Å². The van der Waals surface area contributed by atoms with E-state index < -0.39 is 0 Å². The molecule has 1 heterocycles. The van der Waals surface area contributed by atoms with Gasteiger partial charge in [0.1, 0.15) is 5.15 Å². The molecule has 0 unspecified atom stereocenters. The molecule has 1 rings (SSSR count). The van der Waals surface area contributed by atoms with E-state index in [1.54, 1.807) is 12.3 Å². The fourth-order valence-electron chi connectivity index (χ4n) is 1.07. The van der Waals surface area contributed by atoms with Crippen molar-refractivity contribution in [2.24, 2.45) is 11.1 Å². The molecule has 2 N–H and O–H groups in total. The van der Waals surface area contributed by atoms with Gasteiger partial charge in [0.2, 0.25) is 0 Å². The van der Waals surface area contributed by atoms with Crippen LogP contribution in [0.25, 0.3) is 0 Å². The number of nitrogens with zero attached hydrogens (tertiary/aromatic N) is 1. The largest absolute Gasteiger partial charge is 0.323 e. The average molecular weight is 199 g/mol. The Balaban J connectivity index is 2.90. The van der Waals surface area contributed by atoms with E-state index in [1.807, 2.05) is 6.07 Å². The summed E-state index contributed by atoms with van der Waals surface area (Å²) in [5.41, 5.74) is 7.12. The van der Waals surface area contributed by atoms with Crippen LogP contribution in [0.3, 0.4) is 0 Å². The molecule has 13 heavy (non-hydrogen) atoms. The molecule has 0 spiro atoms. The van der Waals surface area contributed by atoms with Crippen molar-refractivity contribution in [2.45, 2.75) is 26.8 Å². The van der Waals surface area contributed by atoms with E-state index >= 15 is 0 Å². The minimum absolute atomic E-state index is 0.00253. The van der Waals surface area contributed by atoms with Crippen LogP contribution in [0.1, 0.15) is 32.4 Å². The lowest BCUT2D eigenvalue weighted by Crippen LogP contribution is -2.26. The van der Waals surface area contributed by atoms with Crippen molar-refractivity contribution in [3.05, 3.63) is 29.0 Å². The molecule has 1 aromatic heterocycles. The molecule has 1 atom stereocenters. The summed E-state index contributed by atoms with van der Waals surface area (Å²) in [4.78, 5) is 4.00. The Labute approximate surface area is 84.1 Å². The highest BCUT2D eigenvalue weighted by Gasteiger charge is 2.22. The fourth-order valence-corrected chi connectivity index (χ4v) is 1.18. The van der Waals surface area contributed by atoms with Gasteiger partial charge in [-0.15, -0.1) is 0 Å². The lowest BCUT2D eigenvalue weighted by molar-refractivity contribution is 0.326. The van der Waals surface area contributed by atoms with E-state index in [0.717, 1.165) is 5.56 Å². The quantitative estimate of drug-likeness (QED) is 0.705. The first kappa shape index (κ1) is 10.5. The van der Waals surface area contributed by atoms with E-state index in [-0.39, 0.29) is 11.5 Å². The minimum atomic E-state index is -0.00253. The Morgan fingerprint density at radius 2 is 2.00 bits per heavy atom. The van der Waals surface area contributed by atoms with E-state index in [1.165, 1.54) is 0 Å². The van der Waals surface area contributed by atoms with Crippen molar-refractivity contribution in [3.63, 3.8) is 0 Å². The summed E-state index contributed by atoms with van der Waals surface area (Å²) in [5, 5.41) is 0.504. The molecule has 0 fully saturated rings. The first-order valence-electron chi connectivity index (χ1n) is 4.28. The van der Waals surface area contributed by atoms with Crippen molar-refractivity contribution in [2.75, 3.05) is 0 Å². The van der Waals surface area contributed by atoms with E-state index in [4.69, 9.17) is 17.3 Å². The van der Waals surface area contributed by atoms with Crippen LogP contribution >= 0.6 is 11.6 Å². The van der Waals surface area contributed by atoms with Crippen LogP contribution < -0.4 is 5.73 Å². The Kier molecular flexibility index (Phi) is 2.94. The second kappa shape index (κ2) is 3.64. The molecule has 0 radical (unpaired) electrons.